The standard InChI is InChI=1S/C24H26N2O3.C7H6F3N/c1-2-29-24(28)13-17-3-5-18(6-4-17)19-7-9-20(10-8-19)21-11-12-23-25-22(16-27)15-26(23)14-21;1-11-4-2-5(8)7(10)6(9)3-4/h7-12,14-18H,2-6,13H2,1H3;2-3,11H,1H3. The highest BCUT2D eigenvalue weighted by molar-refractivity contribution is 5.74. The van der Waals surface area contributed by atoms with Crippen LogP contribution >= 0.6 is 0 Å². The van der Waals surface area contributed by atoms with E-state index in [1.54, 1.807) is 6.20 Å². The van der Waals surface area contributed by atoms with Crippen LogP contribution < -0.4 is 5.32 Å². The van der Waals surface area contributed by atoms with Gasteiger partial charge in [-0.05, 0) is 73.3 Å². The molecule has 2 heterocycles. The Bertz CT molecular complexity index is 1440. The Labute approximate surface area is 231 Å². The fourth-order valence-corrected chi connectivity index (χ4v) is 5.04. The number of halogens is 3. The first-order valence-electron chi connectivity index (χ1n) is 13.3. The largest absolute Gasteiger partial charge is 0.466 e. The molecule has 0 spiro atoms. The maximum Gasteiger partial charge on any atom is 0.306 e. The Morgan fingerprint density at radius 1 is 1.00 bits per heavy atom. The summed E-state index contributed by atoms with van der Waals surface area (Å²) in [6, 6.07) is 14.5. The zero-order valence-electron chi connectivity index (χ0n) is 22.5. The van der Waals surface area contributed by atoms with E-state index in [0.717, 1.165) is 60.9 Å². The number of nitrogens with one attached hydrogen (secondary N) is 1. The maximum atomic E-state index is 12.4. The highest BCUT2D eigenvalue weighted by atomic mass is 19.2. The fourth-order valence-electron chi connectivity index (χ4n) is 5.04. The van der Waals surface area contributed by atoms with Gasteiger partial charge in [-0.15, -0.1) is 0 Å². The summed E-state index contributed by atoms with van der Waals surface area (Å²) >= 11 is 0. The molecule has 6 nitrogen and oxygen atoms in total. The lowest BCUT2D eigenvalue weighted by atomic mass is 9.77. The summed E-state index contributed by atoms with van der Waals surface area (Å²) in [4.78, 5) is 26.9. The number of nitrogens with zero attached hydrogens (tertiary/aromatic N) is 2. The summed E-state index contributed by atoms with van der Waals surface area (Å²) in [7, 11) is 1.49. The number of pyridine rings is 1. The highest BCUT2D eigenvalue weighted by Crippen LogP contribution is 2.37. The summed E-state index contributed by atoms with van der Waals surface area (Å²) in [5.74, 6) is -2.85. The van der Waals surface area contributed by atoms with Crippen molar-refractivity contribution in [3.8, 4) is 11.1 Å². The van der Waals surface area contributed by atoms with Crippen molar-refractivity contribution in [3.05, 3.63) is 89.6 Å². The lowest BCUT2D eigenvalue weighted by Crippen LogP contribution is -2.17. The Hall–Kier alpha value is -4.14. The molecule has 5 rings (SSSR count). The number of ether oxygens (including phenoxy) is 1. The topological polar surface area (TPSA) is 72.7 Å². The van der Waals surface area contributed by atoms with Gasteiger partial charge in [-0.3, -0.25) is 9.59 Å². The van der Waals surface area contributed by atoms with Crippen molar-refractivity contribution in [2.24, 2.45) is 5.92 Å². The van der Waals surface area contributed by atoms with Gasteiger partial charge in [0.1, 0.15) is 11.3 Å². The summed E-state index contributed by atoms with van der Waals surface area (Å²) in [5.41, 5.74) is 5.03. The first kappa shape index (κ1) is 28.9. The molecule has 0 unspecified atom stereocenters. The average Bonchev–Trinajstić information content (AvgIpc) is 3.39. The SMILES string of the molecule is CCOC(=O)CC1CCC(c2ccc(-c3ccc4nc(C=O)cn4c3)cc2)CC1.CNc1cc(F)c(F)c(F)c1. The van der Waals surface area contributed by atoms with Crippen LogP contribution in [-0.4, -0.2) is 35.3 Å². The number of imidazole rings is 1. The van der Waals surface area contributed by atoms with Crippen LogP contribution in [0.15, 0.2) is 60.9 Å². The summed E-state index contributed by atoms with van der Waals surface area (Å²) in [6.45, 7) is 2.32. The number of anilines is 1. The molecule has 1 aliphatic carbocycles. The number of benzene rings is 2. The number of fused-ring (bicyclic) bond motifs is 1. The van der Waals surface area contributed by atoms with Gasteiger partial charge in [-0.25, -0.2) is 18.2 Å². The first-order chi connectivity index (χ1) is 19.3. The van der Waals surface area contributed by atoms with E-state index in [1.807, 2.05) is 29.7 Å². The number of carbonyl (C=O) groups is 2. The van der Waals surface area contributed by atoms with Gasteiger partial charge < -0.3 is 14.5 Å². The maximum absolute atomic E-state index is 12.4. The van der Waals surface area contributed by atoms with Gasteiger partial charge in [-0.1, -0.05) is 24.3 Å². The average molecular weight is 552 g/mol. The number of hydrogen-bond donors (Lipinski definition) is 1. The second-order valence-corrected chi connectivity index (χ2v) is 9.82. The minimum Gasteiger partial charge on any atom is -0.466 e. The molecule has 2 aromatic heterocycles. The number of aromatic nitrogens is 2. The van der Waals surface area contributed by atoms with Crippen molar-refractivity contribution < 1.29 is 27.5 Å². The number of hydrogen-bond acceptors (Lipinski definition) is 5. The predicted octanol–water partition coefficient (Wildman–Crippen LogP) is 7.19. The number of esters is 1. The molecule has 1 N–H and O–H groups in total. The lowest BCUT2D eigenvalue weighted by Gasteiger charge is -2.28. The molecule has 1 saturated carbocycles. The molecule has 40 heavy (non-hydrogen) atoms. The molecular weight excluding hydrogens is 519 g/mol. The van der Waals surface area contributed by atoms with Crippen molar-refractivity contribution in [3.63, 3.8) is 0 Å². The Kier molecular flexibility index (Phi) is 9.58. The van der Waals surface area contributed by atoms with Crippen molar-refractivity contribution in [2.45, 2.75) is 44.9 Å². The third-order valence-corrected chi connectivity index (χ3v) is 7.19. The van der Waals surface area contributed by atoms with Gasteiger partial charge in [0.2, 0.25) is 0 Å². The van der Waals surface area contributed by atoms with Gasteiger partial charge in [0.25, 0.3) is 0 Å². The minimum absolute atomic E-state index is 0.0598. The third kappa shape index (κ3) is 7.08. The minimum atomic E-state index is -1.44. The van der Waals surface area contributed by atoms with Crippen molar-refractivity contribution in [2.75, 3.05) is 19.0 Å². The van der Waals surface area contributed by atoms with E-state index in [4.69, 9.17) is 4.74 Å². The second kappa shape index (κ2) is 13.3. The monoisotopic (exact) mass is 551 g/mol. The van der Waals surface area contributed by atoms with E-state index in [-0.39, 0.29) is 11.7 Å². The van der Waals surface area contributed by atoms with Gasteiger partial charge in [0.15, 0.2) is 23.7 Å². The molecule has 0 aliphatic heterocycles. The van der Waals surface area contributed by atoms with E-state index in [0.29, 0.717) is 30.6 Å². The Morgan fingerprint density at radius 2 is 1.65 bits per heavy atom. The Balaban J connectivity index is 0.000000283. The van der Waals surface area contributed by atoms with E-state index < -0.39 is 17.5 Å². The molecule has 2 aromatic carbocycles. The van der Waals surface area contributed by atoms with Gasteiger partial charge in [-0.2, -0.15) is 0 Å². The molecule has 0 amide bonds. The van der Waals surface area contributed by atoms with Gasteiger partial charge in [0, 0.05) is 43.7 Å². The van der Waals surface area contributed by atoms with E-state index >= 15 is 0 Å². The summed E-state index contributed by atoms with van der Waals surface area (Å²) in [5, 5.41) is 2.49. The molecule has 0 saturated heterocycles. The number of aldehydes is 1. The molecule has 0 radical (unpaired) electrons. The van der Waals surface area contributed by atoms with Crippen LogP contribution in [0.2, 0.25) is 0 Å². The van der Waals surface area contributed by atoms with Crippen LogP contribution in [0.1, 0.15) is 61.0 Å². The second-order valence-electron chi connectivity index (χ2n) is 9.82. The molecule has 0 atom stereocenters. The number of rotatable bonds is 7. The van der Waals surface area contributed by atoms with Crippen molar-refractivity contribution in [1.29, 1.82) is 0 Å². The molecule has 4 aromatic rings. The quantitative estimate of drug-likeness (QED) is 0.150. The van der Waals surface area contributed by atoms with Gasteiger partial charge >= 0.3 is 5.97 Å². The van der Waals surface area contributed by atoms with Crippen LogP contribution in [0.5, 0.6) is 0 Å². The fraction of sp³-hybridized carbons (Fsp3) is 0.323. The van der Waals surface area contributed by atoms with Gasteiger partial charge in [0.05, 0.1) is 6.61 Å². The molecular formula is C31H32F3N3O3. The van der Waals surface area contributed by atoms with Crippen molar-refractivity contribution in [1.82, 2.24) is 9.38 Å². The highest BCUT2D eigenvalue weighted by Gasteiger charge is 2.24. The van der Waals surface area contributed by atoms with Crippen LogP contribution in [-0.2, 0) is 9.53 Å². The smallest absolute Gasteiger partial charge is 0.306 e. The molecule has 0 bridgehead atoms. The summed E-state index contributed by atoms with van der Waals surface area (Å²) < 4.78 is 44.0. The zero-order valence-corrected chi connectivity index (χ0v) is 22.5. The normalized spacial score (nSPS) is 16.6. The Morgan fingerprint density at radius 3 is 2.25 bits per heavy atom. The molecule has 210 valence electrons. The van der Waals surface area contributed by atoms with Crippen LogP contribution in [0.4, 0.5) is 18.9 Å². The molecule has 9 heteroatoms. The van der Waals surface area contributed by atoms with Crippen LogP contribution in [0.25, 0.3) is 16.8 Å². The predicted molar refractivity (Wildman–Crippen MR) is 148 cm³/mol. The van der Waals surface area contributed by atoms with Crippen molar-refractivity contribution >= 4 is 23.6 Å². The number of carbonyl (C=O) groups excluding carboxylic acids is 2. The van der Waals surface area contributed by atoms with Crippen LogP contribution in [0.3, 0.4) is 0 Å². The lowest BCUT2D eigenvalue weighted by molar-refractivity contribution is -0.144. The van der Waals surface area contributed by atoms with E-state index in [9.17, 15) is 22.8 Å². The first-order valence-corrected chi connectivity index (χ1v) is 13.3. The third-order valence-electron chi connectivity index (χ3n) is 7.19. The van der Waals surface area contributed by atoms with E-state index in [2.05, 4.69) is 34.6 Å². The zero-order chi connectivity index (χ0) is 28.6. The van der Waals surface area contributed by atoms with E-state index in [1.165, 1.54) is 12.6 Å². The summed E-state index contributed by atoms with van der Waals surface area (Å²) in [6.07, 6.45) is 9.49. The van der Waals surface area contributed by atoms with Crippen LogP contribution in [0, 0.1) is 23.4 Å². The molecule has 1 aliphatic rings. The molecule has 1 fully saturated rings.